The molecule has 3 N–H and O–H groups in total. The largest absolute Gasteiger partial charge is 0.444 e. The van der Waals surface area contributed by atoms with E-state index < -0.39 is 11.7 Å². The first-order valence-corrected chi connectivity index (χ1v) is 7.46. The van der Waals surface area contributed by atoms with E-state index in [4.69, 9.17) is 4.74 Å². The lowest BCUT2D eigenvalue weighted by molar-refractivity contribution is -0.117. The molecule has 0 saturated heterocycles. The van der Waals surface area contributed by atoms with Crippen molar-refractivity contribution in [3.05, 3.63) is 35.9 Å². The van der Waals surface area contributed by atoms with Gasteiger partial charge in [0.1, 0.15) is 12.1 Å². The molecule has 1 aromatic carbocycles. The van der Waals surface area contributed by atoms with Crippen molar-refractivity contribution in [2.75, 3.05) is 13.1 Å². The first kappa shape index (κ1) is 16.8. The summed E-state index contributed by atoms with van der Waals surface area (Å²) in [6.45, 7) is 5.84. The van der Waals surface area contributed by atoms with Crippen LogP contribution in [0, 0.1) is 0 Å². The Morgan fingerprint density at radius 2 is 2.04 bits per heavy atom. The summed E-state index contributed by atoms with van der Waals surface area (Å²) in [7, 11) is 0. The van der Waals surface area contributed by atoms with Crippen molar-refractivity contribution in [1.29, 1.82) is 0 Å². The molecule has 7 heteroatoms. The highest BCUT2D eigenvalue weighted by Gasteiger charge is 2.21. The molecular formula is C16H22N4O3. The lowest BCUT2D eigenvalue weighted by Crippen LogP contribution is -2.43. The summed E-state index contributed by atoms with van der Waals surface area (Å²) in [6, 6.07) is 9.37. The Kier molecular flexibility index (Phi) is 5.20. The van der Waals surface area contributed by atoms with Gasteiger partial charge in [0, 0.05) is 6.54 Å². The molecule has 1 aliphatic heterocycles. The lowest BCUT2D eigenvalue weighted by Gasteiger charge is -2.23. The fourth-order valence-corrected chi connectivity index (χ4v) is 2.05. The van der Waals surface area contributed by atoms with Crippen LogP contribution in [0.3, 0.4) is 0 Å². The Labute approximate surface area is 135 Å². The second-order valence-corrected chi connectivity index (χ2v) is 6.20. The SMILES string of the molecule is CC(C)(C)OC(=O)NCC(NC1=NCC(=O)N1)c1ccccc1. The fourth-order valence-electron chi connectivity index (χ4n) is 2.05. The molecule has 0 radical (unpaired) electrons. The number of aliphatic imine (C=N–C) groups is 1. The topological polar surface area (TPSA) is 91.8 Å². The van der Waals surface area contributed by atoms with Gasteiger partial charge in [-0.25, -0.2) is 9.79 Å². The van der Waals surface area contributed by atoms with Crippen LogP contribution in [0.25, 0.3) is 0 Å². The quantitative estimate of drug-likeness (QED) is 0.781. The number of amides is 2. The molecule has 1 aromatic rings. The minimum absolute atomic E-state index is 0.114. The molecule has 124 valence electrons. The molecule has 2 rings (SSSR count). The molecular weight excluding hydrogens is 296 g/mol. The third-order valence-corrected chi connectivity index (χ3v) is 3.00. The highest BCUT2D eigenvalue weighted by atomic mass is 16.6. The molecule has 0 aromatic heterocycles. The van der Waals surface area contributed by atoms with Crippen LogP contribution < -0.4 is 16.0 Å². The predicted octanol–water partition coefficient (Wildman–Crippen LogP) is 1.33. The summed E-state index contributed by atoms with van der Waals surface area (Å²) >= 11 is 0. The van der Waals surface area contributed by atoms with E-state index in [9.17, 15) is 9.59 Å². The van der Waals surface area contributed by atoms with Gasteiger partial charge in [-0.15, -0.1) is 0 Å². The van der Waals surface area contributed by atoms with Crippen molar-refractivity contribution in [3.8, 4) is 0 Å². The maximum absolute atomic E-state index is 11.8. The summed E-state index contributed by atoms with van der Waals surface area (Å²) in [5.74, 6) is 0.259. The van der Waals surface area contributed by atoms with Gasteiger partial charge in [-0.3, -0.25) is 10.1 Å². The number of carbonyl (C=O) groups excluding carboxylic acids is 2. The number of nitrogens with one attached hydrogen (secondary N) is 3. The van der Waals surface area contributed by atoms with E-state index in [1.165, 1.54) is 0 Å². The fraction of sp³-hybridized carbons (Fsp3) is 0.438. The highest BCUT2D eigenvalue weighted by molar-refractivity contribution is 6.03. The first-order chi connectivity index (χ1) is 10.8. The Morgan fingerprint density at radius 3 is 2.61 bits per heavy atom. The third-order valence-electron chi connectivity index (χ3n) is 3.00. The minimum atomic E-state index is -0.552. The van der Waals surface area contributed by atoms with E-state index in [1.807, 2.05) is 51.1 Å². The van der Waals surface area contributed by atoms with Gasteiger partial charge in [0.05, 0.1) is 6.04 Å². The van der Waals surface area contributed by atoms with Gasteiger partial charge in [-0.1, -0.05) is 30.3 Å². The van der Waals surface area contributed by atoms with Crippen molar-refractivity contribution in [3.63, 3.8) is 0 Å². The van der Waals surface area contributed by atoms with Crippen LogP contribution >= 0.6 is 0 Å². The summed E-state index contributed by atoms with van der Waals surface area (Å²) in [6.07, 6.45) is -0.488. The number of benzene rings is 1. The summed E-state index contributed by atoms with van der Waals surface area (Å²) in [5.41, 5.74) is 0.413. The van der Waals surface area contributed by atoms with E-state index in [-0.39, 0.29) is 18.5 Å². The molecule has 1 atom stereocenters. The van der Waals surface area contributed by atoms with Crippen molar-refractivity contribution in [2.24, 2.45) is 4.99 Å². The van der Waals surface area contributed by atoms with Crippen LogP contribution in [0.15, 0.2) is 35.3 Å². The zero-order valence-electron chi connectivity index (χ0n) is 13.6. The van der Waals surface area contributed by atoms with Crippen molar-refractivity contribution in [1.82, 2.24) is 16.0 Å². The van der Waals surface area contributed by atoms with Gasteiger partial charge in [-0.2, -0.15) is 0 Å². The molecule has 1 aliphatic rings. The van der Waals surface area contributed by atoms with E-state index in [0.29, 0.717) is 12.5 Å². The Bertz CT molecular complexity index is 593. The van der Waals surface area contributed by atoms with Crippen molar-refractivity contribution >= 4 is 18.0 Å². The third kappa shape index (κ3) is 5.61. The van der Waals surface area contributed by atoms with Crippen LogP contribution in [0.5, 0.6) is 0 Å². The number of carbonyl (C=O) groups is 2. The molecule has 1 heterocycles. The summed E-state index contributed by atoms with van der Waals surface area (Å²) in [4.78, 5) is 27.1. The zero-order chi connectivity index (χ0) is 16.9. The smallest absolute Gasteiger partial charge is 0.407 e. The second-order valence-electron chi connectivity index (χ2n) is 6.20. The normalized spacial score (nSPS) is 15.4. The van der Waals surface area contributed by atoms with E-state index in [0.717, 1.165) is 5.56 Å². The van der Waals surface area contributed by atoms with E-state index in [1.54, 1.807) is 0 Å². The number of alkyl carbamates (subject to hydrolysis) is 1. The number of nitrogens with zero attached hydrogens (tertiary/aromatic N) is 1. The average Bonchev–Trinajstić information content (AvgIpc) is 2.88. The summed E-state index contributed by atoms with van der Waals surface area (Å²) < 4.78 is 5.23. The van der Waals surface area contributed by atoms with Crippen LogP contribution in [0.2, 0.25) is 0 Å². The van der Waals surface area contributed by atoms with Gasteiger partial charge in [0.25, 0.3) is 0 Å². The number of hydrogen-bond donors (Lipinski definition) is 3. The highest BCUT2D eigenvalue weighted by Crippen LogP contribution is 2.13. The average molecular weight is 318 g/mol. The van der Waals surface area contributed by atoms with Gasteiger partial charge >= 0.3 is 6.09 Å². The number of ether oxygens (including phenoxy) is 1. The molecule has 0 bridgehead atoms. The maximum atomic E-state index is 11.8. The molecule has 1 unspecified atom stereocenters. The maximum Gasteiger partial charge on any atom is 0.407 e. The lowest BCUT2D eigenvalue weighted by atomic mass is 10.1. The van der Waals surface area contributed by atoms with Gasteiger partial charge in [0.2, 0.25) is 5.91 Å². The van der Waals surface area contributed by atoms with Gasteiger partial charge < -0.3 is 15.4 Å². The standard InChI is InChI=1S/C16H22N4O3/c1-16(2,3)23-15(22)18-9-12(11-7-5-4-6-8-11)19-14-17-10-13(21)20-14/h4-8,12H,9-10H2,1-3H3,(H,18,22)(H2,17,19,20,21). The Balaban J connectivity index is 1.99. The van der Waals surface area contributed by atoms with Crippen LogP contribution in [-0.4, -0.2) is 36.7 Å². The van der Waals surface area contributed by atoms with Crippen LogP contribution in [0.4, 0.5) is 4.79 Å². The number of rotatable bonds is 4. The number of guanidine groups is 1. The Hall–Kier alpha value is -2.57. The number of hydrogen-bond acceptors (Lipinski definition) is 5. The van der Waals surface area contributed by atoms with Gasteiger partial charge in [-0.05, 0) is 26.3 Å². The minimum Gasteiger partial charge on any atom is -0.444 e. The summed E-state index contributed by atoms with van der Waals surface area (Å²) in [5, 5.41) is 8.50. The molecule has 0 spiro atoms. The molecule has 2 amide bonds. The second kappa shape index (κ2) is 7.13. The Morgan fingerprint density at radius 1 is 1.35 bits per heavy atom. The molecule has 0 saturated carbocycles. The van der Waals surface area contributed by atoms with Crippen molar-refractivity contribution < 1.29 is 14.3 Å². The zero-order valence-corrected chi connectivity index (χ0v) is 13.6. The molecule has 0 fully saturated rings. The van der Waals surface area contributed by atoms with E-state index >= 15 is 0 Å². The first-order valence-electron chi connectivity index (χ1n) is 7.46. The van der Waals surface area contributed by atoms with E-state index in [2.05, 4.69) is 20.9 Å². The molecule has 7 nitrogen and oxygen atoms in total. The van der Waals surface area contributed by atoms with Crippen LogP contribution in [-0.2, 0) is 9.53 Å². The van der Waals surface area contributed by atoms with Gasteiger partial charge in [0.15, 0.2) is 5.96 Å². The van der Waals surface area contributed by atoms with Crippen molar-refractivity contribution in [2.45, 2.75) is 32.4 Å². The molecule has 23 heavy (non-hydrogen) atoms. The predicted molar refractivity (Wildman–Crippen MR) is 87.0 cm³/mol. The van der Waals surface area contributed by atoms with Crippen LogP contribution in [0.1, 0.15) is 32.4 Å². The molecule has 0 aliphatic carbocycles. The monoisotopic (exact) mass is 318 g/mol.